The van der Waals surface area contributed by atoms with Crippen LogP contribution in [0.1, 0.15) is 10.4 Å². The average molecular weight is 243 g/mol. The number of hydrogen-bond acceptors (Lipinski definition) is 3. The Kier molecular flexibility index (Phi) is 3.48. The first-order valence-corrected chi connectivity index (χ1v) is 5.48. The summed E-state index contributed by atoms with van der Waals surface area (Å²) in [5.41, 5.74) is 0.350. The predicted octanol–water partition coefficient (Wildman–Crippen LogP) is 2.54. The van der Waals surface area contributed by atoms with E-state index in [1.54, 1.807) is 18.2 Å². The lowest BCUT2D eigenvalue weighted by Crippen LogP contribution is -2.17. The van der Waals surface area contributed by atoms with Crippen LogP contribution < -0.4 is 10.1 Å². The van der Waals surface area contributed by atoms with Gasteiger partial charge in [-0.1, -0.05) is 18.2 Å². The molecule has 1 amide bonds. The average Bonchev–Trinajstić information content (AvgIpc) is 2.38. The molecular weight excluding hydrogens is 230 g/mol. The second kappa shape index (κ2) is 5.23. The lowest BCUT2D eigenvalue weighted by molar-refractivity contribution is 0.0962. The minimum atomic E-state index is -0.274. The summed E-state index contributed by atoms with van der Waals surface area (Å²) >= 11 is 0. The Labute approximate surface area is 105 Å². The van der Waals surface area contributed by atoms with Gasteiger partial charge in [0.05, 0.1) is 0 Å². The second-order valence-corrected chi connectivity index (χ2v) is 3.71. The van der Waals surface area contributed by atoms with Gasteiger partial charge >= 0.3 is 0 Å². The van der Waals surface area contributed by atoms with Crippen LogP contribution in [0.15, 0.2) is 48.5 Å². The molecule has 0 aliphatic heterocycles. The zero-order valence-corrected chi connectivity index (χ0v) is 9.88. The first-order valence-electron chi connectivity index (χ1n) is 5.48. The van der Waals surface area contributed by atoms with Crippen molar-refractivity contribution in [2.24, 2.45) is 0 Å². The van der Waals surface area contributed by atoms with Crippen molar-refractivity contribution in [3.63, 3.8) is 0 Å². The summed E-state index contributed by atoms with van der Waals surface area (Å²) in [6, 6.07) is 13.6. The lowest BCUT2D eigenvalue weighted by atomic mass is 10.2. The highest BCUT2D eigenvalue weighted by atomic mass is 16.5. The van der Waals surface area contributed by atoms with Crippen LogP contribution in [0.3, 0.4) is 0 Å². The van der Waals surface area contributed by atoms with Crippen LogP contribution in [-0.4, -0.2) is 18.1 Å². The molecule has 0 heterocycles. The zero-order chi connectivity index (χ0) is 13.0. The van der Waals surface area contributed by atoms with Gasteiger partial charge < -0.3 is 15.2 Å². The molecule has 0 radical (unpaired) electrons. The predicted molar refractivity (Wildman–Crippen MR) is 68.0 cm³/mol. The summed E-state index contributed by atoms with van der Waals surface area (Å²) in [5.74, 6) is 0.775. The first kappa shape index (κ1) is 12.0. The minimum Gasteiger partial charge on any atom is -0.508 e. The highest BCUT2D eigenvalue weighted by Gasteiger charge is 2.08. The number of ether oxygens (including phenoxy) is 1. The molecule has 2 aromatic rings. The van der Waals surface area contributed by atoms with Gasteiger partial charge in [0.15, 0.2) is 0 Å². The number of benzene rings is 2. The number of para-hydroxylation sites is 1. The van der Waals surface area contributed by atoms with E-state index in [-0.39, 0.29) is 11.7 Å². The van der Waals surface area contributed by atoms with Crippen molar-refractivity contribution in [2.45, 2.75) is 0 Å². The molecule has 0 fully saturated rings. The van der Waals surface area contributed by atoms with E-state index < -0.39 is 0 Å². The molecule has 0 aliphatic carbocycles. The Balaban J connectivity index is 2.28. The summed E-state index contributed by atoms with van der Waals surface area (Å²) in [5, 5.41) is 12.1. The van der Waals surface area contributed by atoms with E-state index in [4.69, 9.17) is 4.74 Å². The van der Waals surface area contributed by atoms with Crippen molar-refractivity contribution in [3.8, 4) is 17.2 Å². The van der Waals surface area contributed by atoms with E-state index in [0.717, 1.165) is 0 Å². The third-order valence-electron chi connectivity index (χ3n) is 2.36. The molecule has 0 spiro atoms. The molecule has 0 aliphatic rings. The number of aromatic hydroxyl groups is 1. The highest BCUT2D eigenvalue weighted by molar-refractivity contribution is 5.94. The molecule has 92 valence electrons. The normalized spacial score (nSPS) is 9.83. The first-order chi connectivity index (χ1) is 8.69. The van der Waals surface area contributed by atoms with Crippen LogP contribution in [0.5, 0.6) is 17.2 Å². The van der Waals surface area contributed by atoms with E-state index in [2.05, 4.69) is 5.32 Å². The van der Waals surface area contributed by atoms with Crippen LogP contribution in [-0.2, 0) is 0 Å². The maximum atomic E-state index is 11.5. The van der Waals surface area contributed by atoms with E-state index in [1.165, 1.54) is 19.2 Å². The minimum absolute atomic E-state index is 0.0120. The quantitative estimate of drug-likeness (QED) is 0.871. The highest BCUT2D eigenvalue weighted by Crippen LogP contribution is 2.26. The van der Waals surface area contributed by atoms with Gasteiger partial charge in [-0.25, -0.2) is 0 Å². The van der Waals surface area contributed by atoms with Gasteiger partial charge in [-0.05, 0) is 24.3 Å². The van der Waals surface area contributed by atoms with Crippen molar-refractivity contribution in [1.82, 2.24) is 5.32 Å². The van der Waals surface area contributed by atoms with Crippen molar-refractivity contribution in [1.29, 1.82) is 0 Å². The van der Waals surface area contributed by atoms with E-state index in [9.17, 15) is 9.90 Å². The summed E-state index contributed by atoms with van der Waals surface area (Å²) in [6.07, 6.45) is 0. The SMILES string of the molecule is CNC(=O)c1cc(O)cc(Oc2ccccc2)c1. The molecule has 0 saturated carbocycles. The van der Waals surface area contributed by atoms with Crippen molar-refractivity contribution >= 4 is 5.91 Å². The Morgan fingerprint density at radius 2 is 1.83 bits per heavy atom. The molecule has 0 atom stereocenters. The van der Waals surface area contributed by atoms with Gasteiger partial charge in [-0.2, -0.15) is 0 Å². The fourth-order valence-electron chi connectivity index (χ4n) is 1.54. The number of phenolic OH excluding ortho intramolecular Hbond substituents is 1. The number of phenols is 1. The van der Waals surface area contributed by atoms with Gasteiger partial charge in [0.1, 0.15) is 17.2 Å². The summed E-state index contributed by atoms with van der Waals surface area (Å²) in [4.78, 5) is 11.5. The number of carbonyl (C=O) groups is 1. The molecule has 0 bridgehead atoms. The number of hydrogen-bond donors (Lipinski definition) is 2. The van der Waals surface area contributed by atoms with E-state index in [0.29, 0.717) is 17.1 Å². The smallest absolute Gasteiger partial charge is 0.251 e. The van der Waals surface area contributed by atoms with Crippen LogP contribution in [0, 0.1) is 0 Å². The Bertz CT molecular complexity index is 552. The van der Waals surface area contributed by atoms with Gasteiger partial charge in [-0.15, -0.1) is 0 Å². The molecular formula is C14H13NO3. The number of amides is 1. The Morgan fingerprint density at radius 1 is 1.11 bits per heavy atom. The van der Waals surface area contributed by atoms with Crippen LogP contribution in [0.4, 0.5) is 0 Å². The standard InChI is InChI=1S/C14H13NO3/c1-15-14(17)10-7-11(16)9-13(8-10)18-12-5-3-2-4-6-12/h2-9,16H,1H3,(H,15,17). The molecule has 2 rings (SSSR count). The zero-order valence-electron chi connectivity index (χ0n) is 9.88. The van der Waals surface area contributed by atoms with E-state index >= 15 is 0 Å². The molecule has 18 heavy (non-hydrogen) atoms. The van der Waals surface area contributed by atoms with Crippen LogP contribution >= 0.6 is 0 Å². The topological polar surface area (TPSA) is 58.6 Å². The molecule has 0 saturated heterocycles. The van der Waals surface area contributed by atoms with Gasteiger partial charge in [-0.3, -0.25) is 4.79 Å². The van der Waals surface area contributed by atoms with Gasteiger partial charge in [0.2, 0.25) is 0 Å². The second-order valence-electron chi connectivity index (χ2n) is 3.71. The molecule has 0 unspecified atom stereocenters. The molecule has 4 nitrogen and oxygen atoms in total. The summed E-state index contributed by atoms with van der Waals surface area (Å²) < 4.78 is 5.55. The monoisotopic (exact) mass is 243 g/mol. The third kappa shape index (κ3) is 2.79. The van der Waals surface area contributed by atoms with Crippen molar-refractivity contribution in [2.75, 3.05) is 7.05 Å². The Hall–Kier alpha value is -2.49. The van der Waals surface area contributed by atoms with Crippen molar-refractivity contribution in [3.05, 3.63) is 54.1 Å². The number of rotatable bonds is 3. The molecule has 4 heteroatoms. The fourth-order valence-corrected chi connectivity index (χ4v) is 1.54. The largest absolute Gasteiger partial charge is 0.508 e. The maximum Gasteiger partial charge on any atom is 0.251 e. The third-order valence-corrected chi connectivity index (χ3v) is 2.36. The Morgan fingerprint density at radius 3 is 2.50 bits per heavy atom. The lowest BCUT2D eigenvalue weighted by Gasteiger charge is -2.08. The molecule has 2 N–H and O–H groups in total. The van der Waals surface area contributed by atoms with Gasteiger partial charge in [0, 0.05) is 18.7 Å². The number of nitrogens with one attached hydrogen (secondary N) is 1. The van der Waals surface area contributed by atoms with Crippen LogP contribution in [0.2, 0.25) is 0 Å². The fraction of sp³-hybridized carbons (Fsp3) is 0.0714. The molecule has 0 aromatic heterocycles. The summed E-state index contributed by atoms with van der Waals surface area (Å²) in [7, 11) is 1.53. The van der Waals surface area contributed by atoms with Crippen molar-refractivity contribution < 1.29 is 14.6 Å². The maximum absolute atomic E-state index is 11.5. The van der Waals surface area contributed by atoms with E-state index in [1.807, 2.05) is 18.2 Å². The number of carbonyl (C=O) groups excluding carboxylic acids is 1. The van der Waals surface area contributed by atoms with Gasteiger partial charge in [0.25, 0.3) is 5.91 Å². The van der Waals surface area contributed by atoms with Crippen LogP contribution in [0.25, 0.3) is 0 Å². The summed E-state index contributed by atoms with van der Waals surface area (Å²) in [6.45, 7) is 0. The molecule has 2 aromatic carbocycles.